The summed E-state index contributed by atoms with van der Waals surface area (Å²) in [5.74, 6) is -3.79. The summed E-state index contributed by atoms with van der Waals surface area (Å²) in [5.41, 5.74) is -0.634. The summed E-state index contributed by atoms with van der Waals surface area (Å²) in [4.78, 5) is 11.6. The van der Waals surface area contributed by atoms with Crippen molar-refractivity contribution in [3.63, 3.8) is 0 Å². The molecule has 3 nitrogen and oxygen atoms in total. The highest BCUT2D eigenvalue weighted by molar-refractivity contribution is 5.86. The molecule has 0 heterocycles. The van der Waals surface area contributed by atoms with Crippen molar-refractivity contribution in [1.82, 2.24) is 0 Å². The molecule has 1 amide bonds. The molecular formula is C15H12F3NO2. The normalized spacial score (nSPS) is 11.0. The molecule has 6 heteroatoms. The van der Waals surface area contributed by atoms with Gasteiger partial charge in [-0.1, -0.05) is 18.2 Å². The standard InChI is InChI=1S/C15H12F3NO2/c1-15(17,18)10-7-11(16)9-12(8-10)19-14(20)21-13-5-3-2-4-6-13/h2-9H,1H3,(H,19,20). The number of ether oxygens (including phenoxy) is 1. The van der Waals surface area contributed by atoms with E-state index in [1.54, 1.807) is 30.3 Å². The van der Waals surface area contributed by atoms with Crippen LogP contribution in [0.15, 0.2) is 48.5 Å². The number of anilines is 1. The molecule has 0 bridgehead atoms. The van der Waals surface area contributed by atoms with E-state index in [4.69, 9.17) is 4.74 Å². The molecule has 0 spiro atoms. The average molecular weight is 295 g/mol. The maximum atomic E-state index is 13.3. The Morgan fingerprint density at radius 3 is 2.43 bits per heavy atom. The highest BCUT2D eigenvalue weighted by Crippen LogP contribution is 2.29. The molecule has 0 unspecified atom stereocenters. The SMILES string of the molecule is CC(F)(F)c1cc(F)cc(NC(=O)Oc2ccccc2)c1. The van der Waals surface area contributed by atoms with E-state index < -0.39 is 23.4 Å². The van der Waals surface area contributed by atoms with Crippen LogP contribution in [0.3, 0.4) is 0 Å². The Kier molecular flexibility index (Phi) is 4.16. The fourth-order valence-corrected chi connectivity index (χ4v) is 1.65. The van der Waals surface area contributed by atoms with Crippen LogP contribution in [0.25, 0.3) is 0 Å². The number of benzene rings is 2. The minimum absolute atomic E-state index is 0.104. The van der Waals surface area contributed by atoms with Gasteiger partial charge in [-0.2, -0.15) is 0 Å². The molecule has 21 heavy (non-hydrogen) atoms. The Labute approximate surface area is 119 Å². The number of rotatable bonds is 3. The third kappa shape index (κ3) is 4.24. The van der Waals surface area contributed by atoms with Crippen molar-refractivity contribution in [3.05, 3.63) is 59.9 Å². The summed E-state index contributed by atoms with van der Waals surface area (Å²) in [7, 11) is 0. The fraction of sp³-hybridized carbons (Fsp3) is 0.133. The molecule has 0 saturated heterocycles. The minimum atomic E-state index is -3.21. The lowest BCUT2D eigenvalue weighted by molar-refractivity contribution is 0.0172. The number of hydrogen-bond donors (Lipinski definition) is 1. The molecule has 0 aliphatic carbocycles. The summed E-state index contributed by atoms with van der Waals surface area (Å²) >= 11 is 0. The van der Waals surface area contributed by atoms with Crippen molar-refractivity contribution in [2.75, 3.05) is 5.32 Å². The van der Waals surface area contributed by atoms with Gasteiger partial charge in [-0.15, -0.1) is 0 Å². The molecule has 0 aliphatic rings. The molecule has 2 rings (SSSR count). The second-order valence-corrected chi connectivity index (χ2v) is 4.44. The maximum Gasteiger partial charge on any atom is 0.417 e. The van der Waals surface area contributed by atoms with Crippen molar-refractivity contribution in [2.24, 2.45) is 0 Å². The number of amides is 1. The number of alkyl halides is 2. The van der Waals surface area contributed by atoms with Crippen LogP contribution in [-0.2, 0) is 5.92 Å². The number of carbonyl (C=O) groups excluding carboxylic acids is 1. The smallest absolute Gasteiger partial charge is 0.410 e. The lowest BCUT2D eigenvalue weighted by Gasteiger charge is -2.13. The summed E-state index contributed by atoms with van der Waals surface area (Å²) in [6.45, 7) is 0.647. The molecule has 1 N–H and O–H groups in total. The van der Waals surface area contributed by atoms with Gasteiger partial charge in [0.1, 0.15) is 11.6 Å². The van der Waals surface area contributed by atoms with E-state index in [2.05, 4.69) is 5.32 Å². The summed E-state index contributed by atoms with van der Waals surface area (Å²) in [5, 5.41) is 2.21. The Morgan fingerprint density at radius 2 is 1.81 bits per heavy atom. The van der Waals surface area contributed by atoms with Crippen LogP contribution >= 0.6 is 0 Å². The van der Waals surface area contributed by atoms with Gasteiger partial charge in [-0.05, 0) is 30.3 Å². The van der Waals surface area contributed by atoms with Gasteiger partial charge in [-0.25, -0.2) is 18.0 Å². The first-order chi connectivity index (χ1) is 9.84. The largest absolute Gasteiger partial charge is 0.417 e. The van der Waals surface area contributed by atoms with Crippen molar-refractivity contribution in [1.29, 1.82) is 0 Å². The first-order valence-electron chi connectivity index (χ1n) is 6.07. The summed E-state index contributed by atoms with van der Waals surface area (Å²) in [6, 6.07) is 10.8. The monoisotopic (exact) mass is 295 g/mol. The number of halogens is 3. The molecule has 2 aromatic rings. The molecular weight excluding hydrogens is 283 g/mol. The molecule has 0 aromatic heterocycles. The van der Waals surface area contributed by atoms with Crippen LogP contribution in [0.2, 0.25) is 0 Å². The van der Waals surface area contributed by atoms with E-state index >= 15 is 0 Å². The molecule has 0 fully saturated rings. The molecule has 110 valence electrons. The first kappa shape index (κ1) is 14.9. The number of para-hydroxylation sites is 1. The van der Waals surface area contributed by atoms with E-state index in [0.717, 1.165) is 12.1 Å². The van der Waals surface area contributed by atoms with Crippen molar-refractivity contribution >= 4 is 11.8 Å². The minimum Gasteiger partial charge on any atom is -0.410 e. The fourth-order valence-electron chi connectivity index (χ4n) is 1.65. The first-order valence-corrected chi connectivity index (χ1v) is 6.07. The number of hydrogen-bond acceptors (Lipinski definition) is 2. The predicted octanol–water partition coefficient (Wildman–Crippen LogP) is 4.55. The summed E-state index contributed by atoms with van der Waals surface area (Å²) < 4.78 is 44.6. The van der Waals surface area contributed by atoms with Gasteiger partial charge in [0.2, 0.25) is 0 Å². The summed E-state index contributed by atoms with van der Waals surface area (Å²) in [6.07, 6.45) is -0.892. The molecule has 0 saturated carbocycles. The van der Waals surface area contributed by atoms with Gasteiger partial charge in [0.25, 0.3) is 5.92 Å². The second-order valence-electron chi connectivity index (χ2n) is 4.44. The Bertz CT molecular complexity index is 639. The Morgan fingerprint density at radius 1 is 1.14 bits per heavy atom. The van der Waals surface area contributed by atoms with E-state index in [1.165, 1.54) is 0 Å². The van der Waals surface area contributed by atoms with Gasteiger partial charge in [0.05, 0.1) is 0 Å². The average Bonchev–Trinajstić information content (AvgIpc) is 2.37. The zero-order valence-electron chi connectivity index (χ0n) is 11.1. The molecule has 0 atom stereocenters. The van der Waals surface area contributed by atoms with E-state index in [-0.39, 0.29) is 11.4 Å². The topological polar surface area (TPSA) is 38.3 Å². The van der Waals surface area contributed by atoms with Crippen molar-refractivity contribution in [2.45, 2.75) is 12.8 Å². The van der Waals surface area contributed by atoms with Gasteiger partial charge >= 0.3 is 6.09 Å². The highest BCUT2D eigenvalue weighted by atomic mass is 19.3. The lowest BCUT2D eigenvalue weighted by atomic mass is 10.1. The van der Waals surface area contributed by atoms with Gasteiger partial charge in [-0.3, -0.25) is 5.32 Å². The van der Waals surface area contributed by atoms with Crippen LogP contribution in [-0.4, -0.2) is 6.09 Å². The van der Waals surface area contributed by atoms with Gasteiger partial charge in [0, 0.05) is 18.2 Å². The zero-order chi connectivity index (χ0) is 15.5. The predicted molar refractivity (Wildman–Crippen MR) is 72.1 cm³/mol. The molecule has 0 radical (unpaired) electrons. The van der Waals surface area contributed by atoms with Crippen LogP contribution in [0, 0.1) is 5.82 Å². The third-order valence-corrected chi connectivity index (χ3v) is 2.60. The van der Waals surface area contributed by atoms with E-state index in [9.17, 15) is 18.0 Å². The maximum absolute atomic E-state index is 13.3. The Hall–Kier alpha value is -2.50. The number of carbonyl (C=O) groups is 1. The van der Waals surface area contributed by atoms with Gasteiger partial charge < -0.3 is 4.74 Å². The van der Waals surface area contributed by atoms with Crippen LogP contribution in [0.5, 0.6) is 5.75 Å². The van der Waals surface area contributed by atoms with Crippen LogP contribution in [0.1, 0.15) is 12.5 Å². The van der Waals surface area contributed by atoms with Crippen molar-refractivity contribution < 1.29 is 22.7 Å². The quantitative estimate of drug-likeness (QED) is 0.902. The van der Waals surface area contributed by atoms with Crippen LogP contribution < -0.4 is 10.1 Å². The van der Waals surface area contributed by atoms with E-state index in [0.29, 0.717) is 13.0 Å². The van der Waals surface area contributed by atoms with Crippen LogP contribution in [0.4, 0.5) is 23.7 Å². The van der Waals surface area contributed by atoms with E-state index in [1.807, 2.05) is 0 Å². The second kappa shape index (κ2) is 5.87. The lowest BCUT2D eigenvalue weighted by Crippen LogP contribution is -2.17. The highest BCUT2D eigenvalue weighted by Gasteiger charge is 2.25. The number of nitrogens with one attached hydrogen (secondary N) is 1. The van der Waals surface area contributed by atoms with Crippen molar-refractivity contribution in [3.8, 4) is 5.75 Å². The molecule has 2 aromatic carbocycles. The third-order valence-electron chi connectivity index (χ3n) is 2.60. The Balaban J connectivity index is 2.12. The molecule has 0 aliphatic heterocycles. The van der Waals surface area contributed by atoms with Gasteiger partial charge in [0.15, 0.2) is 0 Å². The zero-order valence-corrected chi connectivity index (χ0v) is 11.1.